The van der Waals surface area contributed by atoms with Crippen molar-refractivity contribution in [3.05, 3.63) is 35.9 Å². The van der Waals surface area contributed by atoms with Crippen molar-refractivity contribution in [2.75, 3.05) is 46.9 Å². The lowest BCUT2D eigenvalue weighted by molar-refractivity contribution is 0.0954. The van der Waals surface area contributed by atoms with Crippen LogP contribution in [-0.2, 0) is 4.74 Å². The third-order valence-corrected chi connectivity index (χ3v) is 3.93. The minimum atomic E-state index is -0.0521. The van der Waals surface area contributed by atoms with Crippen molar-refractivity contribution in [2.45, 2.75) is 6.42 Å². The quantitative estimate of drug-likeness (QED) is 0.302. The number of likely N-dealkylation sites (tertiary alicyclic amines) is 1. The molecule has 0 aromatic heterocycles. The number of nitrogens with one attached hydrogen (secondary N) is 2. The fourth-order valence-corrected chi connectivity index (χ4v) is 2.77. The molecule has 6 nitrogen and oxygen atoms in total. The van der Waals surface area contributed by atoms with Gasteiger partial charge in [0.25, 0.3) is 5.91 Å². The van der Waals surface area contributed by atoms with E-state index in [2.05, 4.69) is 20.5 Å². The Morgan fingerprint density at radius 2 is 2.00 bits per heavy atom. The molecule has 1 unspecified atom stereocenters. The summed E-state index contributed by atoms with van der Waals surface area (Å²) in [4.78, 5) is 18.5. The number of halogens is 1. The van der Waals surface area contributed by atoms with E-state index in [-0.39, 0.29) is 29.9 Å². The van der Waals surface area contributed by atoms with Crippen molar-refractivity contribution in [2.24, 2.45) is 10.9 Å². The highest BCUT2D eigenvalue weighted by molar-refractivity contribution is 14.0. The Balaban J connectivity index is 0.00000288. The van der Waals surface area contributed by atoms with Gasteiger partial charge < -0.3 is 20.3 Å². The van der Waals surface area contributed by atoms with Crippen molar-refractivity contribution in [1.82, 2.24) is 15.5 Å². The van der Waals surface area contributed by atoms with E-state index in [1.807, 2.05) is 30.3 Å². The second kappa shape index (κ2) is 11.2. The van der Waals surface area contributed by atoms with Gasteiger partial charge in [0.15, 0.2) is 5.96 Å². The molecule has 1 fully saturated rings. The molecule has 134 valence electrons. The summed E-state index contributed by atoms with van der Waals surface area (Å²) in [6, 6.07) is 9.23. The third-order valence-electron chi connectivity index (χ3n) is 3.93. The highest BCUT2D eigenvalue weighted by Crippen LogP contribution is 2.16. The highest BCUT2D eigenvalue weighted by Gasteiger charge is 2.24. The molecule has 0 radical (unpaired) electrons. The van der Waals surface area contributed by atoms with Crippen LogP contribution in [0.4, 0.5) is 0 Å². The highest BCUT2D eigenvalue weighted by atomic mass is 127. The first-order valence-corrected chi connectivity index (χ1v) is 8.02. The average Bonchev–Trinajstić information content (AvgIpc) is 3.04. The second-order valence-corrected chi connectivity index (χ2v) is 5.65. The molecule has 2 rings (SSSR count). The minimum absolute atomic E-state index is 0. The van der Waals surface area contributed by atoms with E-state index >= 15 is 0 Å². The van der Waals surface area contributed by atoms with E-state index in [1.54, 1.807) is 14.2 Å². The van der Waals surface area contributed by atoms with Crippen LogP contribution in [0.2, 0.25) is 0 Å². The topological polar surface area (TPSA) is 66.0 Å². The fourth-order valence-electron chi connectivity index (χ4n) is 2.77. The number of ether oxygens (including phenoxy) is 1. The summed E-state index contributed by atoms with van der Waals surface area (Å²) >= 11 is 0. The molecule has 1 heterocycles. The van der Waals surface area contributed by atoms with Crippen molar-refractivity contribution in [3.63, 3.8) is 0 Å². The first-order chi connectivity index (χ1) is 11.2. The zero-order valence-electron chi connectivity index (χ0n) is 14.3. The standard InChI is InChI=1S/C17H26N4O2.HI/c1-18-17(21-11-8-14(12-21)13-23-2)20-10-9-19-16(22)15-6-4-3-5-7-15;/h3-7,14H,8-13H2,1-2H3,(H,18,20)(H,19,22);1H. The predicted octanol–water partition coefficient (Wildman–Crippen LogP) is 1.58. The number of benzene rings is 1. The lowest BCUT2D eigenvalue weighted by atomic mass is 10.1. The molecule has 1 aromatic carbocycles. The van der Waals surface area contributed by atoms with Gasteiger partial charge in [0.2, 0.25) is 0 Å². The van der Waals surface area contributed by atoms with E-state index in [1.165, 1.54) is 0 Å². The maximum absolute atomic E-state index is 11.9. The third kappa shape index (κ3) is 6.27. The normalized spacial score (nSPS) is 17.3. The number of nitrogens with zero attached hydrogens (tertiary/aromatic N) is 2. The smallest absolute Gasteiger partial charge is 0.251 e. The minimum Gasteiger partial charge on any atom is -0.384 e. The number of hydrogen-bond acceptors (Lipinski definition) is 3. The summed E-state index contributed by atoms with van der Waals surface area (Å²) in [6.45, 7) is 3.95. The Morgan fingerprint density at radius 3 is 2.67 bits per heavy atom. The fraction of sp³-hybridized carbons (Fsp3) is 0.529. The first kappa shape index (κ1) is 20.7. The molecule has 1 saturated heterocycles. The number of carbonyl (C=O) groups excluding carboxylic acids is 1. The molecule has 1 aliphatic rings. The summed E-state index contributed by atoms with van der Waals surface area (Å²) in [5, 5.41) is 6.20. The van der Waals surface area contributed by atoms with Crippen LogP contribution in [0.1, 0.15) is 16.8 Å². The Labute approximate surface area is 161 Å². The van der Waals surface area contributed by atoms with E-state index in [9.17, 15) is 4.79 Å². The number of aliphatic imine (C=N–C) groups is 1. The summed E-state index contributed by atoms with van der Waals surface area (Å²) in [6.07, 6.45) is 1.12. The van der Waals surface area contributed by atoms with Crippen LogP contribution in [0.25, 0.3) is 0 Å². The van der Waals surface area contributed by atoms with Crippen LogP contribution in [0, 0.1) is 5.92 Å². The van der Waals surface area contributed by atoms with Crippen LogP contribution < -0.4 is 10.6 Å². The maximum Gasteiger partial charge on any atom is 0.251 e. The summed E-state index contributed by atoms with van der Waals surface area (Å²) < 4.78 is 5.22. The molecule has 24 heavy (non-hydrogen) atoms. The lowest BCUT2D eigenvalue weighted by Crippen LogP contribution is -2.43. The largest absolute Gasteiger partial charge is 0.384 e. The Hall–Kier alpha value is -1.35. The van der Waals surface area contributed by atoms with Gasteiger partial charge in [0, 0.05) is 51.8 Å². The monoisotopic (exact) mass is 446 g/mol. The number of rotatable bonds is 6. The second-order valence-electron chi connectivity index (χ2n) is 5.65. The molecule has 0 saturated carbocycles. The van der Waals surface area contributed by atoms with Gasteiger partial charge in [-0.2, -0.15) is 0 Å². The molecule has 0 bridgehead atoms. The molecule has 1 atom stereocenters. The van der Waals surface area contributed by atoms with E-state index in [0.29, 0.717) is 24.6 Å². The van der Waals surface area contributed by atoms with Gasteiger partial charge in [-0.05, 0) is 18.6 Å². The maximum atomic E-state index is 11.9. The number of carbonyl (C=O) groups is 1. The average molecular weight is 446 g/mol. The van der Waals surface area contributed by atoms with Gasteiger partial charge >= 0.3 is 0 Å². The Morgan fingerprint density at radius 1 is 1.29 bits per heavy atom. The van der Waals surface area contributed by atoms with Crippen molar-refractivity contribution in [1.29, 1.82) is 0 Å². The number of methoxy groups -OCH3 is 1. The van der Waals surface area contributed by atoms with Gasteiger partial charge in [-0.25, -0.2) is 0 Å². The van der Waals surface area contributed by atoms with Gasteiger partial charge in [0.05, 0.1) is 6.61 Å². The first-order valence-electron chi connectivity index (χ1n) is 8.02. The van der Waals surface area contributed by atoms with Crippen LogP contribution >= 0.6 is 24.0 Å². The van der Waals surface area contributed by atoms with Crippen LogP contribution in [-0.4, -0.2) is 63.7 Å². The van der Waals surface area contributed by atoms with Gasteiger partial charge in [-0.15, -0.1) is 24.0 Å². The summed E-state index contributed by atoms with van der Waals surface area (Å²) in [7, 11) is 3.53. The van der Waals surface area contributed by atoms with E-state index in [0.717, 1.165) is 32.1 Å². The molecule has 1 aliphatic heterocycles. The zero-order valence-corrected chi connectivity index (χ0v) is 16.7. The van der Waals surface area contributed by atoms with Gasteiger partial charge in [0.1, 0.15) is 0 Å². The van der Waals surface area contributed by atoms with Crippen molar-refractivity contribution < 1.29 is 9.53 Å². The Bertz CT molecular complexity index is 525. The van der Waals surface area contributed by atoms with Gasteiger partial charge in [-0.1, -0.05) is 18.2 Å². The molecule has 0 aliphatic carbocycles. The SMILES string of the molecule is CN=C(NCCNC(=O)c1ccccc1)N1CCC(COC)C1.I. The molecule has 1 aromatic rings. The van der Waals surface area contributed by atoms with E-state index in [4.69, 9.17) is 4.74 Å². The molecular weight excluding hydrogens is 419 g/mol. The van der Waals surface area contributed by atoms with Crippen molar-refractivity contribution in [3.8, 4) is 0 Å². The van der Waals surface area contributed by atoms with Crippen LogP contribution in [0.5, 0.6) is 0 Å². The molecule has 7 heteroatoms. The predicted molar refractivity (Wildman–Crippen MR) is 107 cm³/mol. The summed E-state index contributed by atoms with van der Waals surface area (Å²) in [5.74, 6) is 1.40. The van der Waals surface area contributed by atoms with E-state index < -0.39 is 0 Å². The molecule has 1 amide bonds. The number of hydrogen-bond donors (Lipinski definition) is 2. The zero-order chi connectivity index (χ0) is 16.5. The van der Waals surface area contributed by atoms with Gasteiger partial charge in [-0.3, -0.25) is 9.79 Å². The molecular formula is C17H27IN4O2. The van der Waals surface area contributed by atoms with Crippen LogP contribution in [0.15, 0.2) is 35.3 Å². The lowest BCUT2D eigenvalue weighted by Gasteiger charge is -2.21. The number of amides is 1. The molecule has 2 N–H and O–H groups in total. The summed E-state index contributed by atoms with van der Waals surface area (Å²) in [5.41, 5.74) is 0.679. The van der Waals surface area contributed by atoms with Crippen LogP contribution in [0.3, 0.4) is 0 Å². The number of guanidine groups is 1. The molecule has 0 spiro atoms. The Kier molecular flexibility index (Phi) is 9.70. The van der Waals surface area contributed by atoms with Crippen molar-refractivity contribution >= 4 is 35.8 Å².